The van der Waals surface area contributed by atoms with Crippen LogP contribution in [0, 0.1) is 15.9 Å². The van der Waals surface area contributed by atoms with Gasteiger partial charge in [0.15, 0.2) is 0 Å². The molecule has 0 amide bonds. The molecule has 1 aromatic carbocycles. The summed E-state index contributed by atoms with van der Waals surface area (Å²) >= 11 is 5.51. The van der Waals surface area contributed by atoms with Gasteiger partial charge in [-0.25, -0.2) is 4.39 Å². The molecule has 0 bridgehead atoms. The van der Waals surface area contributed by atoms with E-state index in [9.17, 15) is 14.5 Å². The maximum atomic E-state index is 13.0. The van der Waals surface area contributed by atoms with Gasteiger partial charge in [0.05, 0.1) is 0 Å². The van der Waals surface area contributed by atoms with Crippen LogP contribution in [-0.4, -0.2) is 11.5 Å². The summed E-state index contributed by atoms with van der Waals surface area (Å²) in [7, 11) is 0. The molecule has 0 fully saturated rings. The third-order valence-corrected chi connectivity index (χ3v) is 1.81. The first-order valence-corrected chi connectivity index (χ1v) is 4.03. The van der Waals surface area contributed by atoms with Crippen molar-refractivity contribution in [2.45, 2.75) is 6.42 Å². The molecule has 3 nitrogen and oxygen atoms in total. The zero-order chi connectivity index (χ0) is 9.84. The van der Waals surface area contributed by atoms with E-state index in [2.05, 4.69) is 0 Å². The monoisotopic (exact) mass is 203 g/mol. The Bertz CT molecular complexity index is 330. The van der Waals surface area contributed by atoms with E-state index >= 15 is 0 Å². The molecule has 0 aliphatic rings. The summed E-state index contributed by atoms with van der Waals surface area (Å²) in [5.41, 5.74) is 0.320. The third kappa shape index (κ3) is 2.99. The second-order valence-electron chi connectivity index (χ2n) is 2.54. The van der Waals surface area contributed by atoms with E-state index in [1.54, 1.807) is 0 Å². The SMILES string of the molecule is O=[N+]([O-])CCc1ccc(Cl)cc1F. The lowest BCUT2D eigenvalue weighted by molar-refractivity contribution is -0.479. The number of nitro groups is 1. The summed E-state index contributed by atoms with van der Waals surface area (Å²) in [5, 5.41) is 10.3. The third-order valence-electron chi connectivity index (χ3n) is 1.58. The summed E-state index contributed by atoms with van der Waals surface area (Å²) in [6, 6.07) is 4.12. The highest BCUT2D eigenvalue weighted by Crippen LogP contribution is 2.14. The van der Waals surface area contributed by atoms with Gasteiger partial charge in [0.2, 0.25) is 6.54 Å². The van der Waals surface area contributed by atoms with Gasteiger partial charge < -0.3 is 0 Å². The van der Waals surface area contributed by atoms with Crippen LogP contribution in [0.1, 0.15) is 5.56 Å². The van der Waals surface area contributed by atoms with E-state index < -0.39 is 10.7 Å². The summed E-state index contributed by atoms with van der Waals surface area (Å²) in [5.74, 6) is -0.491. The Hall–Kier alpha value is -1.16. The van der Waals surface area contributed by atoms with E-state index in [-0.39, 0.29) is 13.0 Å². The van der Waals surface area contributed by atoms with Gasteiger partial charge in [-0.05, 0) is 17.7 Å². The smallest absolute Gasteiger partial charge is 0.208 e. The fraction of sp³-hybridized carbons (Fsp3) is 0.250. The number of hydrogen-bond donors (Lipinski definition) is 0. The van der Waals surface area contributed by atoms with E-state index in [0.29, 0.717) is 10.6 Å². The zero-order valence-corrected chi connectivity index (χ0v) is 7.42. The van der Waals surface area contributed by atoms with Crippen molar-refractivity contribution in [3.63, 3.8) is 0 Å². The van der Waals surface area contributed by atoms with E-state index in [0.717, 1.165) is 6.07 Å². The highest BCUT2D eigenvalue weighted by atomic mass is 35.5. The van der Waals surface area contributed by atoms with Crippen LogP contribution in [0.4, 0.5) is 4.39 Å². The summed E-state index contributed by atoms with van der Waals surface area (Å²) in [6.45, 7) is -0.265. The second kappa shape index (κ2) is 4.18. The second-order valence-corrected chi connectivity index (χ2v) is 2.98. The normalized spacial score (nSPS) is 10.0. The van der Waals surface area contributed by atoms with Crippen LogP contribution in [0.2, 0.25) is 5.02 Å². The summed E-state index contributed by atoms with van der Waals surface area (Å²) < 4.78 is 13.0. The molecule has 0 aliphatic heterocycles. The average molecular weight is 204 g/mol. The predicted octanol–water partition coefficient (Wildman–Crippen LogP) is 2.30. The largest absolute Gasteiger partial charge is 0.265 e. The van der Waals surface area contributed by atoms with Crippen LogP contribution in [-0.2, 0) is 6.42 Å². The highest BCUT2D eigenvalue weighted by Gasteiger charge is 2.05. The maximum Gasteiger partial charge on any atom is 0.208 e. The lowest BCUT2D eigenvalue weighted by Crippen LogP contribution is -2.05. The van der Waals surface area contributed by atoms with Crippen molar-refractivity contribution in [3.05, 3.63) is 44.7 Å². The fourth-order valence-corrected chi connectivity index (χ4v) is 1.09. The number of benzene rings is 1. The predicted molar refractivity (Wildman–Crippen MR) is 47.0 cm³/mol. The van der Waals surface area contributed by atoms with Crippen molar-refractivity contribution in [1.82, 2.24) is 0 Å². The molecule has 0 spiro atoms. The average Bonchev–Trinajstić information content (AvgIpc) is 2.02. The molecule has 0 saturated heterocycles. The Kier molecular flexibility index (Phi) is 3.19. The lowest BCUT2D eigenvalue weighted by atomic mass is 10.1. The minimum Gasteiger partial charge on any atom is -0.265 e. The molecule has 5 heteroatoms. The molecule has 0 saturated carbocycles. The van der Waals surface area contributed by atoms with Gasteiger partial charge in [-0.15, -0.1) is 0 Å². The standard InChI is InChI=1S/C8H7ClFNO2/c9-7-2-1-6(8(10)5-7)3-4-11(12)13/h1-2,5H,3-4H2. The number of rotatable bonds is 3. The first-order chi connectivity index (χ1) is 6.09. The molecule has 0 aliphatic carbocycles. The van der Waals surface area contributed by atoms with Crippen molar-refractivity contribution in [1.29, 1.82) is 0 Å². The Morgan fingerprint density at radius 2 is 2.23 bits per heavy atom. The topological polar surface area (TPSA) is 43.1 Å². The van der Waals surface area contributed by atoms with Crippen LogP contribution in [0.15, 0.2) is 18.2 Å². The van der Waals surface area contributed by atoms with Crippen LogP contribution in [0.3, 0.4) is 0 Å². The van der Waals surface area contributed by atoms with Gasteiger partial charge in [0.25, 0.3) is 0 Å². The van der Waals surface area contributed by atoms with Crippen LogP contribution in [0.5, 0.6) is 0 Å². The van der Waals surface area contributed by atoms with Crippen LogP contribution >= 0.6 is 11.6 Å². The van der Waals surface area contributed by atoms with Crippen molar-refractivity contribution >= 4 is 11.6 Å². The van der Waals surface area contributed by atoms with Crippen molar-refractivity contribution in [2.75, 3.05) is 6.54 Å². The molecule has 0 radical (unpaired) electrons. The van der Waals surface area contributed by atoms with Gasteiger partial charge in [-0.2, -0.15) is 0 Å². The van der Waals surface area contributed by atoms with Crippen LogP contribution < -0.4 is 0 Å². The highest BCUT2D eigenvalue weighted by molar-refractivity contribution is 6.30. The Morgan fingerprint density at radius 3 is 2.77 bits per heavy atom. The Morgan fingerprint density at radius 1 is 1.54 bits per heavy atom. The minimum absolute atomic E-state index is 0.0933. The van der Waals surface area contributed by atoms with Crippen molar-refractivity contribution < 1.29 is 9.31 Å². The molecule has 1 rings (SSSR count). The van der Waals surface area contributed by atoms with Gasteiger partial charge in [-0.1, -0.05) is 17.7 Å². The first kappa shape index (κ1) is 9.92. The molecule has 0 N–H and O–H groups in total. The Labute approximate surface area is 79.3 Å². The van der Waals surface area contributed by atoms with Crippen molar-refractivity contribution in [3.8, 4) is 0 Å². The molecule has 13 heavy (non-hydrogen) atoms. The fourth-order valence-electron chi connectivity index (χ4n) is 0.936. The first-order valence-electron chi connectivity index (χ1n) is 3.65. The van der Waals surface area contributed by atoms with Crippen molar-refractivity contribution in [2.24, 2.45) is 0 Å². The quantitative estimate of drug-likeness (QED) is 0.559. The Balaban J connectivity index is 2.72. The molecule has 70 valence electrons. The maximum absolute atomic E-state index is 13.0. The summed E-state index contributed by atoms with van der Waals surface area (Å²) in [4.78, 5) is 9.53. The van der Waals surface area contributed by atoms with E-state index in [1.165, 1.54) is 12.1 Å². The number of nitrogens with zero attached hydrogens (tertiary/aromatic N) is 1. The number of hydrogen-bond acceptors (Lipinski definition) is 2. The lowest BCUT2D eigenvalue weighted by Gasteiger charge is -1.99. The molecular weight excluding hydrogens is 197 g/mol. The van der Waals surface area contributed by atoms with E-state index in [1.807, 2.05) is 0 Å². The zero-order valence-electron chi connectivity index (χ0n) is 6.67. The van der Waals surface area contributed by atoms with Gasteiger partial charge >= 0.3 is 0 Å². The minimum atomic E-state index is -0.491. The molecule has 1 aromatic rings. The van der Waals surface area contributed by atoms with E-state index in [4.69, 9.17) is 11.6 Å². The molecule has 0 unspecified atom stereocenters. The molecule has 0 atom stereocenters. The van der Waals surface area contributed by atoms with Crippen LogP contribution in [0.25, 0.3) is 0 Å². The molecular formula is C8H7ClFNO2. The van der Waals surface area contributed by atoms with Gasteiger partial charge in [-0.3, -0.25) is 10.1 Å². The van der Waals surface area contributed by atoms with Gasteiger partial charge in [0.1, 0.15) is 5.82 Å². The van der Waals surface area contributed by atoms with Gasteiger partial charge in [0, 0.05) is 16.4 Å². The molecule has 0 heterocycles. The molecule has 0 aromatic heterocycles. The number of halogens is 2. The summed E-state index contributed by atoms with van der Waals surface area (Å²) in [6.07, 6.45) is 0.0933.